The molecule has 1 aromatic carbocycles. The third kappa shape index (κ3) is 4.85. The van der Waals surface area contributed by atoms with E-state index >= 15 is 0 Å². The zero-order valence-electron chi connectivity index (χ0n) is 21.4. The number of carbonyl (C=O) groups is 2. The number of aryl methyl sites for hydroxylation is 2. The van der Waals surface area contributed by atoms with Crippen LogP contribution in [0.4, 0.5) is 4.39 Å². The lowest BCUT2D eigenvalue weighted by molar-refractivity contribution is -0.151. The van der Waals surface area contributed by atoms with E-state index in [1.54, 1.807) is 47.0 Å². The summed E-state index contributed by atoms with van der Waals surface area (Å²) in [6.07, 6.45) is 1.43. The van der Waals surface area contributed by atoms with Gasteiger partial charge in [-0.3, -0.25) is 18.8 Å². The van der Waals surface area contributed by atoms with E-state index in [0.29, 0.717) is 59.4 Å². The van der Waals surface area contributed by atoms with Crippen LogP contribution in [0.15, 0.2) is 40.5 Å². The minimum absolute atomic E-state index is 0.0165. The molecule has 1 aliphatic rings. The van der Waals surface area contributed by atoms with Crippen molar-refractivity contribution in [2.45, 2.75) is 40.0 Å². The molecule has 11 heteroatoms. The van der Waals surface area contributed by atoms with Crippen molar-refractivity contribution in [3.8, 4) is 16.9 Å². The molecular formula is C27H28FN5O4S. The van der Waals surface area contributed by atoms with Crippen LogP contribution >= 0.6 is 11.3 Å². The normalized spacial score (nSPS) is 15.7. The number of aromatic nitrogens is 4. The van der Waals surface area contributed by atoms with Crippen molar-refractivity contribution in [3.05, 3.63) is 69.0 Å². The second-order valence-corrected chi connectivity index (χ2v) is 10.2. The van der Waals surface area contributed by atoms with Crippen LogP contribution < -0.4 is 5.56 Å². The Morgan fingerprint density at radius 3 is 2.71 bits per heavy atom. The minimum Gasteiger partial charge on any atom is -0.466 e. The molecule has 1 atom stereocenters. The van der Waals surface area contributed by atoms with Crippen LogP contribution in [-0.2, 0) is 20.7 Å². The number of hydrogen-bond acceptors (Lipinski definition) is 7. The molecule has 0 radical (unpaired) electrons. The molecule has 3 aromatic heterocycles. The maximum Gasteiger partial charge on any atom is 0.310 e. The first-order chi connectivity index (χ1) is 18.3. The number of thiazole rings is 1. The third-order valence-corrected chi connectivity index (χ3v) is 7.64. The molecule has 0 spiro atoms. The van der Waals surface area contributed by atoms with Crippen LogP contribution in [-0.4, -0.2) is 55.6 Å². The molecule has 9 nitrogen and oxygen atoms in total. The van der Waals surface area contributed by atoms with Gasteiger partial charge in [-0.05, 0) is 63.9 Å². The highest BCUT2D eigenvalue weighted by Crippen LogP contribution is 2.24. The molecule has 0 unspecified atom stereocenters. The zero-order valence-corrected chi connectivity index (χ0v) is 22.3. The van der Waals surface area contributed by atoms with Gasteiger partial charge in [0.15, 0.2) is 4.96 Å². The van der Waals surface area contributed by atoms with Gasteiger partial charge in [0.1, 0.15) is 11.5 Å². The van der Waals surface area contributed by atoms with E-state index in [9.17, 15) is 18.8 Å². The molecule has 0 N–H and O–H groups in total. The van der Waals surface area contributed by atoms with Crippen LogP contribution in [0.1, 0.15) is 36.8 Å². The predicted molar refractivity (Wildman–Crippen MR) is 141 cm³/mol. The Morgan fingerprint density at radius 2 is 1.97 bits per heavy atom. The van der Waals surface area contributed by atoms with E-state index in [-0.39, 0.29) is 35.6 Å². The maximum absolute atomic E-state index is 13.7. The van der Waals surface area contributed by atoms with Crippen LogP contribution in [0.2, 0.25) is 0 Å². The fourth-order valence-corrected chi connectivity index (χ4v) is 5.81. The van der Waals surface area contributed by atoms with Crippen LogP contribution in [0.25, 0.3) is 21.9 Å². The molecule has 1 saturated heterocycles. The number of benzene rings is 1. The summed E-state index contributed by atoms with van der Waals surface area (Å²) in [6, 6.07) is 7.75. The highest BCUT2D eigenvalue weighted by molar-refractivity contribution is 7.15. The van der Waals surface area contributed by atoms with Gasteiger partial charge in [-0.2, -0.15) is 5.10 Å². The zero-order chi connectivity index (χ0) is 27.0. The molecule has 0 saturated carbocycles. The molecule has 4 aromatic rings. The van der Waals surface area contributed by atoms with Gasteiger partial charge in [-0.1, -0.05) is 0 Å². The van der Waals surface area contributed by atoms with Gasteiger partial charge >= 0.3 is 5.97 Å². The fourth-order valence-electron chi connectivity index (χ4n) is 4.89. The number of ether oxygens (including phenoxy) is 1. The molecule has 4 heterocycles. The average molecular weight is 538 g/mol. The molecule has 0 aliphatic carbocycles. The molecule has 0 bridgehead atoms. The van der Waals surface area contributed by atoms with Crippen LogP contribution in [0.5, 0.6) is 0 Å². The Balaban J connectivity index is 1.45. The predicted octanol–water partition coefficient (Wildman–Crippen LogP) is 3.71. The summed E-state index contributed by atoms with van der Waals surface area (Å²) >= 11 is 1.30. The minimum atomic E-state index is -0.344. The van der Waals surface area contributed by atoms with E-state index in [1.165, 1.54) is 27.9 Å². The van der Waals surface area contributed by atoms with Crippen LogP contribution in [0, 0.1) is 25.6 Å². The van der Waals surface area contributed by atoms with Gasteiger partial charge in [-0.25, -0.2) is 14.1 Å². The van der Waals surface area contributed by atoms with Gasteiger partial charge in [0.25, 0.3) is 5.56 Å². The lowest BCUT2D eigenvalue weighted by atomic mass is 9.98. The number of rotatable bonds is 6. The molecule has 1 aliphatic heterocycles. The summed E-state index contributed by atoms with van der Waals surface area (Å²) < 4.78 is 21.7. The molecule has 198 valence electrons. The lowest BCUT2D eigenvalue weighted by Gasteiger charge is -2.31. The van der Waals surface area contributed by atoms with Gasteiger partial charge in [-0.15, -0.1) is 11.3 Å². The number of carbonyl (C=O) groups excluding carboxylic acids is 2. The number of amides is 1. The molecule has 38 heavy (non-hydrogen) atoms. The lowest BCUT2D eigenvalue weighted by Crippen LogP contribution is -2.43. The van der Waals surface area contributed by atoms with Gasteiger partial charge in [0.05, 0.1) is 35.9 Å². The highest BCUT2D eigenvalue weighted by atomic mass is 32.1. The Hall–Kier alpha value is -3.86. The SMILES string of the molecule is CCOC(=O)[C@H]1CCCN(C(=O)Cc2csc3nc(C)c(-c4cc(C)n(-c5ccc(F)cc5)n4)c(=O)n23)C1. The number of hydrogen-bond donors (Lipinski definition) is 0. The number of likely N-dealkylation sites (tertiary alicyclic amines) is 1. The van der Waals surface area contributed by atoms with Crippen molar-refractivity contribution in [2.24, 2.45) is 5.92 Å². The van der Waals surface area contributed by atoms with Gasteiger partial charge in [0.2, 0.25) is 5.91 Å². The number of piperidine rings is 1. The number of halogens is 1. The average Bonchev–Trinajstić information content (AvgIpc) is 3.47. The van der Waals surface area contributed by atoms with Crippen molar-refractivity contribution < 1.29 is 18.7 Å². The van der Waals surface area contributed by atoms with E-state index < -0.39 is 0 Å². The second-order valence-electron chi connectivity index (χ2n) is 9.39. The monoisotopic (exact) mass is 537 g/mol. The smallest absolute Gasteiger partial charge is 0.310 e. The standard InChI is InChI=1S/C27H28FN5O4S/c1-4-37-26(36)18-6-5-11-31(14-18)23(34)13-21-15-38-27-29-17(3)24(25(35)32(21)27)22-12-16(2)33(30-22)20-9-7-19(28)8-10-20/h7-10,12,15,18H,4-6,11,13-14H2,1-3H3/t18-/m0/s1. The summed E-state index contributed by atoms with van der Waals surface area (Å²) in [7, 11) is 0. The van der Waals surface area contributed by atoms with E-state index in [1.807, 2.05) is 6.92 Å². The Bertz CT molecular complexity index is 1570. The van der Waals surface area contributed by atoms with Gasteiger partial charge < -0.3 is 9.64 Å². The number of esters is 1. The van der Waals surface area contributed by atoms with Crippen molar-refractivity contribution >= 4 is 28.2 Å². The Kier molecular flexibility index (Phi) is 7.11. The third-order valence-electron chi connectivity index (χ3n) is 6.76. The summed E-state index contributed by atoms with van der Waals surface area (Å²) in [5.41, 5.74) is 3.02. The van der Waals surface area contributed by atoms with Crippen molar-refractivity contribution in [2.75, 3.05) is 19.7 Å². The van der Waals surface area contributed by atoms with E-state index in [0.717, 1.165) is 12.1 Å². The van der Waals surface area contributed by atoms with Crippen molar-refractivity contribution in [3.63, 3.8) is 0 Å². The first kappa shape index (κ1) is 25.8. The number of fused-ring (bicyclic) bond motifs is 1. The Morgan fingerprint density at radius 1 is 1.21 bits per heavy atom. The number of nitrogens with zero attached hydrogens (tertiary/aromatic N) is 5. The maximum atomic E-state index is 13.7. The van der Waals surface area contributed by atoms with E-state index in [2.05, 4.69) is 10.1 Å². The van der Waals surface area contributed by atoms with E-state index in [4.69, 9.17) is 4.74 Å². The summed E-state index contributed by atoms with van der Waals surface area (Å²) in [5.74, 6) is -1.10. The summed E-state index contributed by atoms with van der Waals surface area (Å²) in [5, 5.41) is 6.40. The largest absolute Gasteiger partial charge is 0.466 e. The van der Waals surface area contributed by atoms with Crippen LogP contribution in [0.3, 0.4) is 0 Å². The molecular weight excluding hydrogens is 509 g/mol. The summed E-state index contributed by atoms with van der Waals surface area (Å²) in [4.78, 5) is 46.0. The first-order valence-corrected chi connectivity index (χ1v) is 13.4. The quantitative estimate of drug-likeness (QED) is 0.348. The second kappa shape index (κ2) is 10.5. The first-order valence-electron chi connectivity index (χ1n) is 12.5. The van der Waals surface area contributed by atoms with Crippen molar-refractivity contribution in [1.29, 1.82) is 0 Å². The topological polar surface area (TPSA) is 98.8 Å². The van der Waals surface area contributed by atoms with Gasteiger partial charge in [0, 0.05) is 29.9 Å². The fraction of sp³-hybridized carbons (Fsp3) is 0.370. The highest BCUT2D eigenvalue weighted by Gasteiger charge is 2.30. The molecule has 5 rings (SSSR count). The molecule has 1 fully saturated rings. The summed E-state index contributed by atoms with van der Waals surface area (Å²) in [6.45, 7) is 6.57. The Labute approximate surface area is 222 Å². The molecule has 1 amide bonds. The van der Waals surface area contributed by atoms with Crippen molar-refractivity contribution in [1.82, 2.24) is 24.1 Å².